The van der Waals surface area contributed by atoms with Gasteiger partial charge in [0.25, 0.3) is 0 Å². The van der Waals surface area contributed by atoms with Crippen molar-refractivity contribution in [1.29, 1.82) is 0 Å². The van der Waals surface area contributed by atoms with Gasteiger partial charge in [-0.05, 0) is 49.6 Å². The lowest BCUT2D eigenvalue weighted by molar-refractivity contribution is 0.316. The number of nitrogen functional groups attached to an aromatic ring is 1. The van der Waals surface area contributed by atoms with E-state index < -0.39 is 0 Å². The summed E-state index contributed by atoms with van der Waals surface area (Å²) in [6.07, 6.45) is 0.884. The number of ether oxygens (including phenoxy) is 2. The van der Waals surface area contributed by atoms with E-state index in [4.69, 9.17) is 15.3 Å². The zero-order chi connectivity index (χ0) is 19.2. The Morgan fingerprint density at radius 2 is 1.89 bits per heavy atom. The van der Waals surface area contributed by atoms with Crippen molar-refractivity contribution in [2.45, 2.75) is 25.4 Å². The van der Waals surface area contributed by atoms with Gasteiger partial charge in [0.1, 0.15) is 11.5 Å². The Morgan fingerprint density at radius 1 is 1.07 bits per heavy atom. The minimum Gasteiger partial charge on any atom is -0.496 e. The number of hydrogen-bond acceptors (Lipinski definition) is 6. The fraction of sp³-hybridized carbons (Fsp3) is 0.300. The monoisotopic (exact) mass is 384 g/mol. The van der Waals surface area contributed by atoms with E-state index in [2.05, 4.69) is 42.2 Å². The predicted octanol–water partition coefficient (Wildman–Crippen LogP) is 3.85. The number of hydrogen-bond donors (Lipinski definition) is 1. The summed E-state index contributed by atoms with van der Waals surface area (Å²) in [5.41, 5.74) is 3.17. The van der Waals surface area contributed by atoms with Gasteiger partial charge in [-0.1, -0.05) is 36.0 Å². The molecule has 0 atom stereocenters. The summed E-state index contributed by atoms with van der Waals surface area (Å²) in [5, 5.41) is 9.09. The van der Waals surface area contributed by atoms with Gasteiger partial charge in [0, 0.05) is 5.75 Å². The Morgan fingerprint density at radius 3 is 2.70 bits per heavy atom. The second-order valence-electron chi connectivity index (χ2n) is 6.20. The first kappa shape index (κ1) is 19.1. The minimum atomic E-state index is 0.585. The molecule has 0 aliphatic heterocycles. The number of para-hydroxylation sites is 1. The van der Waals surface area contributed by atoms with Crippen LogP contribution in [-0.4, -0.2) is 34.3 Å². The van der Waals surface area contributed by atoms with E-state index in [1.165, 1.54) is 10.2 Å². The van der Waals surface area contributed by atoms with Crippen molar-refractivity contribution in [3.63, 3.8) is 0 Å². The number of nitrogens with zero attached hydrogens (tertiary/aromatic N) is 3. The third kappa shape index (κ3) is 4.54. The standard InChI is InChI=1S/C20H24N4O2S/c1-14-9-10-15(2)18(13-14)26-11-6-12-27-20-23-22-19(24(20)21)16-7-4-5-8-17(16)25-3/h4-5,7-10,13H,6,11-12,21H2,1-3H3. The molecule has 3 rings (SSSR count). The molecule has 0 bridgehead atoms. The third-order valence-corrected chi connectivity index (χ3v) is 5.16. The van der Waals surface area contributed by atoms with E-state index in [0.717, 1.165) is 34.8 Å². The Hall–Kier alpha value is -2.67. The Kier molecular flexibility index (Phi) is 6.24. The smallest absolute Gasteiger partial charge is 0.210 e. The van der Waals surface area contributed by atoms with Crippen molar-refractivity contribution in [3.05, 3.63) is 53.6 Å². The van der Waals surface area contributed by atoms with Crippen LogP contribution in [0.1, 0.15) is 17.5 Å². The molecule has 0 saturated heterocycles. The van der Waals surface area contributed by atoms with E-state index in [1.54, 1.807) is 18.9 Å². The molecule has 1 aromatic heterocycles. The molecule has 0 fully saturated rings. The summed E-state index contributed by atoms with van der Waals surface area (Å²) in [5.74, 6) is 9.27. The summed E-state index contributed by atoms with van der Waals surface area (Å²) >= 11 is 1.56. The highest BCUT2D eigenvalue weighted by atomic mass is 32.2. The lowest BCUT2D eigenvalue weighted by Crippen LogP contribution is -2.12. The molecule has 27 heavy (non-hydrogen) atoms. The molecule has 6 nitrogen and oxygen atoms in total. The molecule has 0 amide bonds. The third-order valence-electron chi connectivity index (χ3n) is 4.13. The molecular formula is C20H24N4O2S. The van der Waals surface area contributed by atoms with Gasteiger partial charge >= 0.3 is 0 Å². The zero-order valence-electron chi connectivity index (χ0n) is 15.8. The second-order valence-corrected chi connectivity index (χ2v) is 7.26. The largest absolute Gasteiger partial charge is 0.496 e. The normalized spacial score (nSPS) is 10.8. The maximum Gasteiger partial charge on any atom is 0.210 e. The van der Waals surface area contributed by atoms with Gasteiger partial charge in [-0.2, -0.15) is 0 Å². The molecule has 0 radical (unpaired) electrons. The van der Waals surface area contributed by atoms with Gasteiger partial charge in [-0.15, -0.1) is 10.2 Å². The quantitative estimate of drug-likeness (QED) is 0.361. The number of aryl methyl sites for hydroxylation is 2. The highest BCUT2D eigenvalue weighted by Crippen LogP contribution is 2.29. The topological polar surface area (TPSA) is 75.2 Å². The molecule has 1 heterocycles. The Balaban J connectivity index is 1.55. The van der Waals surface area contributed by atoms with Gasteiger partial charge in [-0.25, -0.2) is 4.68 Å². The van der Waals surface area contributed by atoms with Crippen LogP contribution >= 0.6 is 11.8 Å². The highest BCUT2D eigenvalue weighted by Gasteiger charge is 2.15. The fourth-order valence-corrected chi connectivity index (χ4v) is 3.42. The van der Waals surface area contributed by atoms with Crippen molar-refractivity contribution in [3.8, 4) is 22.9 Å². The van der Waals surface area contributed by atoms with Crippen LogP contribution in [0.3, 0.4) is 0 Å². The van der Waals surface area contributed by atoms with Gasteiger partial charge in [0.15, 0.2) is 5.82 Å². The van der Waals surface area contributed by atoms with E-state index in [-0.39, 0.29) is 0 Å². The zero-order valence-corrected chi connectivity index (χ0v) is 16.6. The summed E-state index contributed by atoms with van der Waals surface area (Å²) in [6.45, 7) is 4.77. The Labute approximate surface area is 163 Å². The lowest BCUT2D eigenvalue weighted by Gasteiger charge is -2.10. The molecule has 0 spiro atoms. The van der Waals surface area contributed by atoms with Crippen molar-refractivity contribution in [2.24, 2.45) is 0 Å². The maximum atomic E-state index is 6.19. The lowest BCUT2D eigenvalue weighted by atomic mass is 10.1. The minimum absolute atomic E-state index is 0.585. The average Bonchev–Trinajstić information content (AvgIpc) is 3.04. The molecule has 142 valence electrons. The van der Waals surface area contributed by atoms with Crippen LogP contribution in [0.15, 0.2) is 47.6 Å². The number of aromatic nitrogens is 3. The maximum absolute atomic E-state index is 6.19. The SMILES string of the molecule is COc1ccccc1-c1nnc(SCCCOc2cc(C)ccc2C)n1N. The first-order valence-corrected chi connectivity index (χ1v) is 9.75. The van der Waals surface area contributed by atoms with Gasteiger partial charge in [0.05, 0.1) is 19.3 Å². The molecule has 7 heteroatoms. The summed E-state index contributed by atoms with van der Waals surface area (Å²) < 4.78 is 12.8. The van der Waals surface area contributed by atoms with Gasteiger partial charge in [-0.3, -0.25) is 0 Å². The molecule has 3 aromatic rings. The summed E-state index contributed by atoms with van der Waals surface area (Å²) in [4.78, 5) is 0. The van der Waals surface area contributed by atoms with E-state index in [9.17, 15) is 0 Å². The van der Waals surface area contributed by atoms with Crippen molar-refractivity contribution < 1.29 is 9.47 Å². The molecule has 0 aliphatic carbocycles. The van der Waals surface area contributed by atoms with Crippen LogP contribution in [0.2, 0.25) is 0 Å². The van der Waals surface area contributed by atoms with Crippen molar-refractivity contribution in [1.82, 2.24) is 14.9 Å². The molecule has 0 aliphatic rings. The van der Waals surface area contributed by atoms with Crippen LogP contribution in [0.4, 0.5) is 0 Å². The number of rotatable bonds is 8. The van der Waals surface area contributed by atoms with E-state index in [1.807, 2.05) is 24.3 Å². The summed E-state index contributed by atoms with van der Waals surface area (Å²) in [7, 11) is 1.63. The summed E-state index contributed by atoms with van der Waals surface area (Å²) in [6, 6.07) is 13.9. The first-order chi connectivity index (χ1) is 13.1. The first-order valence-electron chi connectivity index (χ1n) is 8.77. The van der Waals surface area contributed by atoms with Gasteiger partial charge in [0.2, 0.25) is 5.16 Å². The number of nitrogens with two attached hydrogens (primary N) is 1. The van der Waals surface area contributed by atoms with E-state index in [0.29, 0.717) is 17.6 Å². The average molecular weight is 385 g/mol. The van der Waals surface area contributed by atoms with Crippen LogP contribution < -0.4 is 15.3 Å². The Bertz CT molecular complexity index is 911. The fourth-order valence-electron chi connectivity index (χ4n) is 2.66. The number of thioether (sulfide) groups is 1. The molecule has 2 N–H and O–H groups in total. The molecule has 2 aromatic carbocycles. The molecule has 0 saturated carbocycles. The van der Waals surface area contributed by atoms with Crippen LogP contribution in [0, 0.1) is 13.8 Å². The van der Waals surface area contributed by atoms with Crippen LogP contribution in [0.25, 0.3) is 11.4 Å². The predicted molar refractivity (Wildman–Crippen MR) is 109 cm³/mol. The van der Waals surface area contributed by atoms with E-state index >= 15 is 0 Å². The number of benzene rings is 2. The van der Waals surface area contributed by atoms with Crippen LogP contribution in [-0.2, 0) is 0 Å². The molecular weight excluding hydrogens is 360 g/mol. The van der Waals surface area contributed by atoms with Crippen LogP contribution in [0.5, 0.6) is 11.5 Å². The van der Waals surface area contributed by atoms with Crippen molar-refractivity contribution in [2.75, 3.05) is 25.3 Å². The van der Waals surface area contributed by atoms with Gasteiger partial charge < -0.3 is 15.3 Å². The second kappa shape index (κ2) is 8.81. The van der Waals surface area contributed by atoms with Crippen molar-refractivity contribution >= 4 is 11.8 Å². The highest BCUT2D eigenvalue weighted by molar-refractivity contribution is 7.99. The number of methoxy groups -OCH3 is 1. The molecule has 0 unspecified atom stereocenters.